The van der Waals surface area contributed by atoms with Crippen molar-refractivity contribution in [3.63, 3.8) is 0 Å². The summed E-state index contributed by atoms with van der Waals surface area (Å²) in [6.07, 6.45) is 27.7. The molecule has 5 nitrogen and oxygen atoms in total. The van der Waals surface area contributed by atoms with Crippen molar-refractivity contribution in [3.8, 4) is 0 Å². The zero-order valence-corrected chi connectivity index (χ0v) is 23.0. The highest BCUT2D eigenvalue weighted by atomic mass is 16.2. The molecular weight excluding hydrogens is 432 g/mol. The normalized spacial score (nSPS) is 20.4. The average molecular weight is 489 g/mol. The molecule has 35 heavy (non-hydrogen) atoms. The van der Waals surface area contributed by atoms with Crippen LogP contribution in [0.2, 0.25) is 0 Å². The number of carbonyl (C=O) groups is 1. The maximum absolute atomic E-state index is 13.0. The quantitative estimate of drug-likeness (QED) is 0.189. The molecule has 2 rings (SSSR count). The third kappa shape index (κ3) is 14.2. The lowest BCUT2D eigenvalue weighted by molar-refractivity contribution is -0.129. The zero-order valence-electron chi connectivity index (χ0n) is 23.0. The maximum Gasteiger partial charge on any atom is 0.231 e. The smallest absolute Gasteiger partial charge is 0.231 e. The van der Waals surface area contributed by atoms with Crippen molar-refractivity contribution < 1.29 is 4.79 Å². The summed E-state index contributed by atoms with van der Waals surface area (Å²) in [4.78, 5) is 19.8. The molecule has 0 saturated carbocycles. The van der Waals surface area contributed by atoms with Crippen molar-refractivity contribution in [2.24, 2.45) is 10.9 Å². The Balaban J connectivity index is 1.51. The summed E-state index contributed by atoms with van der Waals surface area (Å²) in [7, 11) is 0. The molecule has 0 bridgehead atoms. The van der Waals surface area contributed by atoms with E-state index in [0.29, 0.717) is 5.91 Å². The molecular formula is C30H56N4O. The van der Waals surface area contributed by atoms with E-state index >= 15 is 0 Å². The van der Waals surface area contributed by atoms with Gasteiger partial charge in [0.25, 0.3) is 0 Å². The molecule has 5 heteroatoms. The molecule has 1 atom stereocenters. The van der Waals surface area contributed by atoms with Gasteiger partial charge >= 0.3 is 0 Å². The van der Waals surface area contributed by atoms with Gasteiger partial charge < -0.3 is 15.5 Å². The molecule has 0 aliphatic carbocycles. The first kappa shape index (κ1) is 30.0. The van der Waals surface area contributed by atoms with Gasteiger partial charge in [-0.3, -0.25) is 9.79 Å². The highest BCUT2D eigenvalue weighted by Crippen LogP contribution is 2.25. The molecule has 1 saturated heterocycles. The molecule has 0 radical (unpaired) electrons. The van der Waals surface area contributed by atoms with Gasteiger partial charge in [-0.15, -0.1) is 0 Å². The van der Waals surface area contributed by atoms with Gasteiger partial charge in [0.2, 0.25) is 5.91 Å². The highest BCUT2D eigenvalue weighted by molar-refractivity contribution is 6.06. The van der Waals surface area contributed by atoms with Crippen molar-refractivity contribution in [2.75, 3.05) is 39.3 Å². The van der Waals surface area contributed by atoms with Crippen LogP contribution in [0.3, 0.4) is 0 Å². The Labute approximate surface area is 217 Å². The van der Waals surface area contributed by atoms with Gasteiger partial charge in [0, 0.05) is 38.5 Å². The molecule has 1 unspecified atom stereocenters. The third-order valence-electron chi connectivity index (χ3n) is 7.44. The standard InChI is InChI=1S/C30H56N4O/c1-2-3-4-5-6-7-8-9-10-11-12-13-14-15-16-17-20-28-27-29-33-23-18-21-31-24-25-32-22-19-26-34(29)30(28)35/h16-17,28,31-32H,2-15,18-27H2,1H3. The van der Waals surface area contributed by atoms with Crippen LogP contribution in [0.1, 0.15) is 122 Å². The highest BCUT2D eigenvalue weighted by Gasteiger charge is 2.35. The summed E-state index contributed by atoms with van der Waals surface area (Å²) >= 11 is 0. The van der Waals surface area contributed by atoms with E-state index in [1.807, 2.05) is 4.90 Å². The minimum absolute atomic E-state index is 0.0932. The second kappa shape index (κ2) is 20.9. The van der Waals surface area contributed by atoms with Gasteiger partial charge in [0.15, 0.2) is 0 Å². The summed E-state index contributed by atoms with van der Waals surface area (Å²) < 4.78 is 0. The molecule has 1 fully saturated rings. The molecule has 0 aromatic carbocycles. The van der Waals surface area contributed by atoms with Crippen molar-refractivity contribution in [1.29, 1.82) is 0 Å². The zero-order chi connectivity index (χ0) is 24.8. The van der Waals surface area contributed by atoms with Crippen molar-refractivity contribution in [3.05, 3.63) is 12.2 Å². The number of hydrogen-bond donors (Lipinski definition) is 2. The van der Waals surface area contributed by atoms with Crippen LogP contribution in [0.15, 0.2) is 17.1 Å². The van der Waals surface area contributed by atoms with E-state index in [2.05, 4.69) is 29.7 Å². The van der Waals surface area contributed by atoms with Crippen LogP contribution in [-0.2, 0) is 4.79 Å². The fraction of sp³-hybridized carbons (Fsp3) is 0.867. The number of nitrogens with zero attached hydrogens (tertiary/aromatic N) is 2. The van der Waals surface area contributed by atoms with Gasteiger partial charge in [-0.05, 0) is 45.2 Å². The molecule has 2 heterocycles. The maximum atomic E-state index is 13.0. The van der Waals surface area contributed by atoms with Gasteiger partial charge in [-0.2, -0.15) is 0 Å². The van der Waals surface area contributed by atoms with Crippen LogP contribution in [0.5, 0.6) is 0 Å². The summed E-state index contributed by atoms with van der Waals surface area (Å²) in [6.45, 7) is 7.87. The van der Waals surface area contributed by atoms with Gasteiger partial charge in [0.05, 0.1) is 0 Å². The van der Waals surface area contributed by atoms with E-state index in [9.17, 15) is 4.79 Å². The Hall–Kier alpha value is -1.20. The number of aliphatic imine (C=N–C) groups is 1. The summed E-state index contributed by atoms with van der Waals surface area (Å²) in [5.41, 5.74) is 0. The van der Waals surface area contributed by atoms with Crippen LogP contribution in [0, 0.1) is 5.92 Å². The molecule has 0 aromatic heterocycles. The second-order valence-corrected chi connectivity index (χ2v) is 10.6. The summed E-state index contributed by atoms with van der Waals surface area (Å²) in [5, 5.41) is 6.92. The molecule has 2 aliphatic rings. The lowest BCUT2D eigenvalue weighted by Crippen LogP contribution is -2.34. The molecule has 1 amide bonds. The second-order valence-electron chi connectivity index (χ2n) is 10.6. The Morgan fingerprint density at radius 3 is 2.06 bits per heavy atom. The predicted molar refractivity (Wildman–Crippen MR) is 151 cm³/mol. The first-order chi connectivity index (χ1) is 17.3. The van der Waals surface area contributed by atoms with Crippen LogP contribution in [0.25, 0.3) is 0 Å². The topological polar surface area (TPSA) is 56.7 Å². The lowest BCUT2D eigenvalue weighted by Gasteiger charge is -2.17. The molecule has 202 valence electrons. The third-order valence-corrected chi connectivity index (χ3v) is 7.44. The number of unbranched alkanes of at least 4 members (excludes halogenated alkanes) is 13. The largest absolute Gasteiger partial charge is 0.315 e. The van der Waals surface area contributed by atoms with Gasteiger partial charge in [0.1, 0.15) is 5.84 Å². The van der Waals surface area contributed by atoms with Crippen molar-refractivity contribution in [2.45, 2.75) is 122 Å². The number of fused-ring (bicyclic) bond motifs is 1. The van der Waals surface area contributed by atoms with Crippen LogP contribution in [-0.4, -0.2) is 55.9 Å². The number of hydrogen-bond acceptors (Lipinski definition) is 4. The Bertz CT molecular complexity index is 589. The SMILES string of the molecule is CCCCCCCCCCCCCCCC=CCC1CC2=NCCCNCCNCCCN2C1=O. The number of amidine groups is 1. The van der Waals surface area contributed by atoms with E-state index in [1.54, 1.807) is 0 Å². The summed E-state index contributed by atoms with van der Waals surface area (Å²) in [6, 6.07) is 0. The molecule has 2 aliphatic heterocycles. The Morgan fingerprint density at radius 2 is 1.40 bits per heavy atom. The van der Waals surface area contributed by atoms with Crippen LogP contribution < -0.4 is 10.6 Å². The average Bonchev–Trinajstić information content (AvgIpc) is 3.16. The minimum Gasteiger partial charge on any atom is -0.315 e. The number of allylic oxidation sites excluding steroid dienone is 2. The van der Waals surface area contributed by atoms with Gasteiger partial charge in [-0.1, -0.05) is 96.1 Å². The van der Waals surface area contributed by atoms with E-state index in [0.717, 1.165) is 77.2 Å². The van der Waals surface area contributed by atoms with E-state index < -0.39 is 0 Å². The number of nitrogens with one attached hydrogen (secondary N) is 2. The van der Waals surface area contributed by atoms with E-state index in [4.69, 9.17) is 4.99 Å². The van der Waals surface area contributed by atoms with Crippen LogP contribution >= 0.6 is 0 Å². The monoisotopic (exact) mass is 488 g/mol. The van der Waals surface area contributed by atoms with Crippen LogP contribution in [0.4, 0.5) is 0 Å². The first-order valence-corrected chi connectivity index (χ1v) is 15.2. The van der Waals surface area contributed by atoms with Gasteiger partial charge in [-0.25, -0.2) is 0 Å². The minimum atomic E-state index is 0.0932. The first-order valence-electron chi connectivity index (χ1n) is 15.2. The predicted octanol–water partition coefficient (Wildman–Crippen LogP) is 6.63. The number of amides is 1. The molecule has 2 N–H and O–H groups in total. The fourth-order valence-corrected chi connectivity index (χ4v) is 5.20. The summed E-state index contributed by atoms with van der Waals surface area (Å²) in [5.74, 6) is 1.42. The van der Waals surface area contributed by atoms with Crippen molar-refractivity contribution >= 4 is 11.7 Å². The van der Waals surface area contributed by atoms with E-state index in [1.165, 1.54) is 83.5 Å². The lowest BCUT2D eigenvalue weighted by atomic mass is 10.0. The van der Waals surface area contributed by atoms with E-state index in [-0.39, 0.29) is 5.92 Å². The molecule has 0 aromatic rings. The fourth-order valence-electron chi connectivity index (χ4n) is 5.20. The Kier molecular flexibility index (Phi) is 18.0. The number of rotatable bonds is 16. The Morgan fingerprint density at radius 1 is 0.800 bits per heavy atom. The number of carbonyl (C=O) groups excluding carboxylic acids is 1. The van der Waals surface area contributed by atoms with Crippen molar-refractivity contribution in [1.82, 2.24) is 15.5 Å². The molecule has 0 spiro atoms.